The Hall–Kier alpha value is -0.700. The molecule has 8 heteroatoms. The molecule has 2 aliphatic rings. The molecule has 7 nitrogen and oxygen atoms in total. The van der Waals surface area contributed by atoms with Crippen LogP contribution in [0.1, 0.15) is 19.8 Å². The number of ether oxygens (including phenoxy) is 1. The minimum atomic E-state index is -3.44. The largest absolute Gasteiger partial charge is 0.378 e. The molecule has 2 aliphatic heterocycles. The van der Waals surface area contributed by atoms with Crippen LogP contribution in [0.25, 0.3) is 0 Å². The summed E-state index contributed by atoms with van der Waals surface area (Å²) >= 11 is 0. The Kier molecular flexibility index (Phi) is 5.36. The maximum Gasteiger partial charge on any atom is 0.279 e. The van der Waals surface area contributed by atoms with Gasteiger partial charge in [-0.25, -0.2) is 4.72 Å². The fraction of sp³-hybridized carbons (Fsp3) is 0.917. The second kappa shape index (κ2) is 6.84. The fourth-order valence-electron chi connectivity index (χ4n) is 2.68. The van der Waals surface area contributed by atoms with Crippen molar-refractivity contribution in [1.82, 2.24) is 13.9 Å². The van der Waals surface area contributed by atoms with Crippen molar-refractivity contribution in [3.05, 3.63) is 0 Å². The average molecular weight is 305 g/mol. The van der Waals surface area contributed by atoms with Gasteiger partial charge in [0.2, 0.25) is 5.91 Å². The molecule has 0 aromatic rings. The number of carbonyl (C=O) groups is 1. The Morgan fingerprint density at radius 1 is 1.30 bits per heavy atom. The molecule has 0 radical (unpaired) electrons. The summed E-state index contributed by atoms with van der Waals surface area (Å²) in [4.78, 5) is 14.2. The van der Waals surface area contributed by atoms with E-state index in [4.69, 9.17) is 4.74 Å². The van der Waals surface area contributed by atoms with Gasteiger partial charge in [-0.15, -0.1) is 0 Å². The van der Waals surface area contributed by atoms with Crippen molar-refractivity contribution in [2.24, 2.45) is 5.92 Å². The first-order valence-corrected chi connectivity index (χ1v) is 8.60. The third kappa shape index (κ3) is 3.69. The highest BCUT2D eigenvalue weighted by molar-refractivity contribution is 7.87. The van der Waals surface area contributed by atoms with Gasteiger partial charge in [0, 0.05) is 32.7 Å². The molecule has 0 aliphatic carbocycles. The van der Waals surface area contributed by atoms with E-state index in [1.807, 2.05) is 0 Å². The van der Waals surface area contributed by atoms with E-state index in [9.17, 15) is 13.2 Å². The molecule has 0 unspecified atom stereocenters. The predicted molar refractivity (Wildman–Crippen MR) is 74.3 cm³/mol. The lowest BCUT2D eigenvalue weighted by atomic mass is 9.98. The van der Waals surface area contributed by atoms with Crippen LogP contribution >= 0.6 is 0 Å². The van der Waals surface area contributed by atoms with Gasteiger partial charge in [-0.2, -0.15) is 12.7 Å². The smallest absolute Gasteiger partial charge is 0.279 e. The molecular formula is C12H23N3O4S. The van der Waals surface area contributed by atoms with E-state index in [0.29, 0.717) is 39.4 Å². The number of hydrogen-bond donors (Lipinski definition) is 1. The van der Waals surface area contributed by atoms with Gasteiger partial charge in [0.15, 0.2) is 0 Å². The van der Waals surface area contributed by atoms with Crippen molar-refractivity contribution in [1.29, 1.82) is 0 Å². The number of amides is 1. The molecule has 0 bridgehead atoms. The van der Waals surface area contributed by atoms with Crippen molar-refractivity contribution in [2.45, 2.75) is 19.8 Å². The average Bonchev–Trinajstić information content (AvgIpc) is 2.47. The van der Waals surface area contributed by atoms with E-state index >= 15 is 0 Å². The molecule has 20 heavy (non-hydrogen) atoms. The molecule has 1 atom stereocenters. The van der Waals surface area contributed by atoms with Gasteiger partial charge in [0.25, 0.3) is 10.2 Å². The molecule has 0 aromatic heterocycles. The highest BCUT2D eigenvalue weighted by atomic mass is 32.2. The third-order valence-electron chi connectivity index (χ3n) is 3.72. The first kappa shape index (κ1) is 15.7. The van der Waals surface area contributed by atoms with Crippen LogP contribution in [-0.4, -0.2) is 69.5 Å². The van der Waals surface area contributed by atoms with E-state index < -0.39 is 10.2 Å². The second-order valence-corrected chi connectivity index (χ2v) is 6.89. The Labute approximate surface area is 120 Å². The standard InChI is InChI=1S/C12H23N3O4S/c1-2-13-20(17,18)15-5-3-4-11(10-15)12(16)14-6-8-19-9-7-14/h11,13H,2-10H2,1H3/t11-/m1/s1. The zero-order valence-corrected chi connectivity index (χ0v) is 12.7. The molecule has 1 N–H and O–H groups in total. The highest BCUT2D eigenvalue weighted by Gasteiger charge is 2.34. The summed E-state index contributed by atoms with van der Waals surface area (Å²) < 4.78 is 33.1. The molecule has 1 amide bonds. The molecule has 2 fully saturated rings. The molecular weight excluding hydrogens is 282 g/mol. The summed E-state index contributed by atoms with van der Waals surface area (Å²) in [5.41, 5.74) is 0. The van der Waals surface area contributed by atoms with Gasteiger partial charge in [-0.1, -0.05) is 6.92 Å². The maximum atomic E-state index is 12.4. The Morgan fingerprint density at radius 2 is 2.00 bits per heavy atom. The van der Waals surface area contributed by atoms with Crippen molar-refractivity contribution >= 4 is 16.1 Å². The summed E-state index contributed by atoms with van der Waals surface area (Å²) in [6.45, 7) is 5.23. The van der Waals surface area contributed by atoms with Gasteiger partial charge in [-0.3, -0.25) is 4.79 Å². The predicted octanol–water partition coefficient (Wildman–Crippen LogP) is -0.588. The summed E-state index contributed by atoms with van der Waals surface area (Å²) in [5.74, 6) is -0.167. The summed E-state index contributed by atoms with van der Waals surface area (Å²) in [6.07, 6.45) is 1.49. The van der Waals surface area contributed by atoms with Crippen LogP contribution < -0.4 is 4.72 Å². The van der Waals surface area contributed by atoms with Gasteiger partial charge in [0.05, 0.1) is 19.1 Å². The molecule has 2 saturated heterocycles. The molecule has 2 rings (SSSR count). The minimum Gasteiger partial charge on any atom is -0.378 e. The van der Waals surface area contributed by atoms with Crippen molar-refractivity contribution in [3.8, 4) is 0 Å². The highest BCUT2D eigenvalue weighted by Crippen LogP contribution is 2.21. The van der Waals surface area contributed by atoms with E-state index in [-0.39, 0.29) is 18.4 Å². The van der Waals surface area contributed by atoms with Crippen molar-refractivity contribution in [3.63, 3.8) is 0 Å². The monoisotopic (exact) mass is 305 g/mol. The Balaban J connectivity index is 1.97. The Bertz CT molecular complexity index is 434. The van der Waals surface area contributed by atoms with E-state index in [1.165, 1.54) is 4.31 Å². The number of nitrogens with zero attached hydrogens (tertiary/aromatic N) is 2. The van der Waals surface area contributed by atoms with Crippen LogP contribution in [0.3, 0.4) is 0 Å². The molecule has 0 saturated carbocycles. The van der Waals surface area contributed by atoms with Crippen LogP contribution in [0.5, 0.6) is 0 Å². The fourth-order valence-corrected chi connectivity index (χ4v) is 3.97. The second-order valence-electron chi connectivity index (χ2n) is 5.14. The lowest BCUT2D eigenvalue weighted by Crippen LogP contribution is -2.51. The zero-order valence-electron chi connectivity index (χ0n) is 11.9. The van der Waals surface area contributed by atoms with E-state index in [1.54, 1.807) is 11.8 Å². The van der Waals surface area contributed by atoms with Crippen LogP contribution in [-0.2, 0) is 19.7 Å². The number of rotatable bonds is 4. The van der Waals surface area contributed by atoms with E-state index in [0.717, 1.165) is 12.8 Å². The molecule has 116 valence electrons. The molecule has 0 aromatic carbocycles. The van der Waals surface area contributed by atoms with Gasteiger partial charge in [0.1, 0.15) is 0 Å². The maximum absolute atomic E-state index is 12.4. The summed E-state index contributed by atoms with van der Waals surface area (Å²) in [5, 5.41) is 0. The SMILES string of the molecule is CCNS(=O)(=O)N1CCC[C@@H](C(=O)N2CCOCC2)C1. The van der Waals surface area contributed by atoms with Gasteiger partial charge < -0.3 is 9.64 Å². The van der Waals surface area contributed by atoms with Crippen LogP contribution in [0.2, 0.25) is 0 Å². The number of carbonyl (C=O) groups excluding carboxylic acids is 1. The Morgan fingerprint density at radius 3 is 2.65 bits per heavy atom. The lowest BCUT2D eigenvalue weighted by Gasteiger charge is -2.35. The quantitative estimate of drug-likeness (QED) is 0.753. The first-order valence-electron chi connectivity index (χ1n) is 7.16. The van der Waals surface area contributed by atoms with Crippen LogP contribution in [0, 0.1) is 5.92 Å². The minimum absolute atomic E-state index is 0.0599. The molecule has 0 spiro atoms. The van der Waals surface area contributed by atoms with Crippen LogP contribution in [0.15, 0.2) is 0 Å². The van der Waals surface area contributed by atoms with Gasteiger partial charge >= 0.3 is 0 Å². The third-order valence-corrected chi connectivity index (χ3v) is 5.39. The van der Waals surface area contributed by atoms with Crippen molar-refractivity contribution in [2.75, 3.05) is 45.9 Å². The molecule has 2 heterocycles. The topological polar surface area (TPSA) is 79.0 Å². The van der Waals surface area contributed by atoms with Crippen LogP contribution in [0.4, 0.5) is 0 Å². The number of piperidine rings is 1. The van der Waals surface area contributed by atoms with Crippen molar-refractivity contribution < 1.29 is 17.9 Å². The lowest BCUT2D eigenvalue weighted by molar-refractivity contribution is -0.140. The zero-order chi connectivity index (χ0) is 14.6. The first-order chi connectivity index (χ1) is 9.54. The summed E-state index contributed by atoms with van der Waals surface area (Å²) in [7, 11) is -3.44. The normalized spacial score (nSPS) is 25.6. The van der Waals surface area contributed by atoms with E-state index in [2.05, 4.69) is 4.72 Å². The summed E-state index contributed by atoms with van der Waals surface area (Å²) in [6, 6.07) is 0. The number of hydrogen-bond acceptors (Lipinski definition) is 4. The number of morpholine rings is 1. The number of nitrogens with one attached hydrogen (secondary N) is 1. The van der Waals surface area contributed by atoms with Gasteiger partial charge in [-0.05, 0) is 12.8 Å².